The second-order valence-electron chi connectivity index (χ2n) is 4.61. The lowest BCUT2D eigenvalue weighted by molar-refractivity contribution is 0.487. The number of hydrogen-bond donors (Lipinski definition) is 2. The molecule has 0 saturated heterocycles. The van der Waals surface area contributed by atoms with E-state index >= 15 is 0 Å². The molecule has 3 aromatic carbocycles. The van der Waals surface area contributed by atoms with E-state index in [0.29, 0.717) is 11.3 Å². The van der Waals surface area contributed by atoms with E-state index in [-0.39, 0.29) is 5.84 Å². The molecule has 0 bridgehead atoms. The van der Waals surface area contributed by atoms with Gasteiger partial charge in [0.25, 0.3) is 0 Å². The van der Waals surface area contributed by atoms with Gasteiger partial charge in [-0.3, -0.25) is 5.41 Å². The van der Waals surface area contributed by atoms with Crippen molar-refractivity contribution in [1.82, 2.24) is 0 Å². The van der Waals surface area contributed by atoms with Crippen LogP contribution in [0.25, 0.3) is 10.8 Å². The van der Waals surface area contributed by atoms with Crippen LogP contribution < -0.4 is 10.5 Å². The molecule has 4 heteroatoms. The summed E-state index contributed by atoms with van der Waals surface area (Å²) in [6.45, 7) is 0. The van der Waals surface area contributed by atoms with Gasteiger partial charge in [0.2, 0.25) is 0 Å². The fourth-order valence-corrected chi connectivity index (χ4v) is 2.82. The summed E-state index contributed by atoms with van der Waals surface area (Å²) >= 11 is 3.41. The fourth-order valence-electron chi connectivity index (χ4n) is 2.25. The second-order valence-corrected chi connectivity index (χ2v) is 5.46. The SMILES string of the molecule is N=C(N)c1c(Br)cccc1Oc1cccc2ccccc12. The fraction of sp³-hybridized carbons (Fsp3) is 0. The van der Waals surface area contributed by atoms with Crippen LogP contribution in [0.5, 0.6) is 11.5 Å². The van der Waals surface area contributed by atoms with Gasteiger partial charge in [-0.25, -0.2) is 0 Å². The first-order chi connectivity index (χ1) is 10.2. The molecular weight excluding hydrogens is 328 g/mol. The Morgan fingerprint density at radius 1 is 0.905 bits per heavy atom. The Labute approximate surface area is 131 Å². The maximum Gasteiger partial charge on any atom is 0.139 e. The van der Waals surface area contributed by atoms with Gasteiger partial charge in [0.1, 0.15) is 17.3 Å². The van der Waals surface area contributed by atoms with Crippen molar-refractivity contribution < 1.29 is 4.74 Å². The highest BCUT2D eigenvalue weighted by Gasteiger charge is 2.12. The number of rotatable bonds is 3. The van der Waals surface area contributed by atoms with Gasteiger partial charge in [-0.05, 0) is 39.5 Å². The molecule has 0 spiro atoms. The first-order valence-electron chi connectivity index (χ1n) is 6.45. The number of ether oxygens (including phenoxy) is 1. The Bertz CT molecular complexity index is 825. The van der Waals surface area contributed by atoms with Crippen LogP contribution in [0.3, 0.4) is 0 Å². The molecule has 21 heavy (non-hydrogen) atoms. The maximum atomic E-state index is 7.71. The molecule has 3 N–H and O–H groups in total. The third-order valence-corrected chi connectivity index (χ3v) is 3.88. The number of hydrogen-bond acceptors (Lipinski definition) is 2. The molecule has 104 valence electrons. The molecule has 0 fully saturated rings. The van der Waals surface area contributed by atoms with E-state index in [4.69, 9.17) is 15.9 Å². The Hall–Kier alpha value is -2.33. The number of halogens is 1. The standard InChI is InChI=1S/C17H13BrN2O/c18-13-8-4-10-15(16(13)17(19)20)21-14-9-3-6-11-5-1-2-7-12(11)14/h1-10H,(H3,19,20). The van der Waals surface area contributed by atoms with E-state index in [2.05, 4.69) is 15.9 Å². The van der Waals surface area contributed by atoms with Crippen LogP contribution in [0.15, 0.2) is 65.1 Å². The van der Waals surface area contributed by atoms with Crippen LogP contribution >= 0.6 is 15.9 Å². The maximum absolute atomic E-state index is 7.71. The average molecular weight is 341 g/mol. The molecule has 0 aliphatic heterocycles. The Kier molecular flexibility index (Phi) is 3.62. The summed E-state index contributed by atoms with van der Waals surface area (Å²) in [7, 11) is 0. The zero-order valence-corrected chi connectivity index (χ0v) is 12.7. The highest BCUT2D eigenvalue weighted by molar-refractivity contribution is 9.10. The molecule has 3 rings (SSSR count). The summed E-state index contributed by atoms with van der Waals surface area (Å²) in [5.74, 6) is 1.28. The Morgan fingerprint density at radius 3 is 2.38 bits per heavy atom. The molecule has 0 radical (unpaired) electrons. The van der Waals surface area contributed by atoms with E-state index in [1.165, 1.54) is 0 Å². The molecule has 0 amide bonds. The number of benzene rings is 3. The highest BCUT2D eigenvalue weighted by Crippen LogP contribution is 2.34. The zero-order chi connectivity index (χ0) is 14.8. The van der Waals surface area contributed by atoms with Gasteiger partial charge >= 0.3 is 0 Å². The first kappa shape index (κ1) is 13.6. The monoisotopic (exact) mass is 340 g/mol. The second kappa shape index (κ2) is 5.58. The van der Waals surface area contributed by atoms with Crippen LogP contribution in [-0.4, -0.2) is 5.84 Å². The molecule has 3 nitrogen and oxygen atoms in total. The normalized spacial score (nSPS) is 10.5. The summed E-state index contributed by atoms with van der Waals surface area (Å²) < 4.78 is 6.76. The average Bonchev–Trinajstić information content (AvgIpc) is 2.47. The number of nitrogen functional groups attached to an aromatic ring is 1. The summed E-state index contributed by atoms with van der Waals surface area (Å²) in [5.41, 5.74) is 6.22. The predicted molar refractivity (Wildman–Crippen MR) is 89.2 cm³/mol. The van der Waals surface area contributed by atoms with Crippen molar-refractivity contribution in [3.05, 3.63) is 70.7 Å². The minimum absolute atomic E-state index is 0.0299. The molecule has 0 unspecified atom stereocenters. The Morgan fingerprint density at radius 2 is 1.57 bits per heavy atom. The minimum Gasteiger partial charge on any atom is -0.456 e. The highest BCUT2D eigenvalue weighted by atomic mass is 79.9. The van der Waals surface area contributed by atoms with Crippen molar-refractivity contribution >= 4 is 32.5 Å². The van der Waals surface area contributed by atoms with Crippen LogP contribution in [0, 0.1) is 5.41 Å². The van der Waals surface area contributed by atoms with E-state index in [1.54, 1.807) is 0 Å². The van der Waals surface area contributed by atoms with Gasteiger partial charge in [-0.1, -0.05) is 42.5 Å². The van der Waals surface area contributed by atoms with Crippen LogP contribution in [0.4, 0.5) is 0 Å². The van der Waals surface area contributed by atoms with Gasteiger partial charge < -0.3 is 10.5 Å². The van der Waals surface area contributed by atoms with E-state index < -0.39 is 0 Å². The van der Waals surface area contributed by atoms with E-state index in [9.17, 15) is 0 Å². The lowest BCUT2D eigenvalue weighted by Crippen LogP contribution is -2.13. The van der Waals surface area contributed by atoms with Crippen molar-refractivity contribution in [2.24, 2.45) is 5.73 Å². The van der Waals surface area contributed by atoms with E-state index in [0.717, 1.165) is 21.0 Å². The molecule has 3 aromatic rings. The summed E-state index contributed by atoms with van der Waals surface area (Å²) in [5, 5.41) is 9.84. The number of fused-ring (bicyclic) bond motifs is 1. The summed E-state index contributed by atoms with van der Waals surface area (Å²) in [6.07, 6.45) is 0. The van der Waals surface area contributed by atoms with Gasteiger partial charge in [-0.2, -0.15) is 0 Å². The van der Waals surface area contributed by atoms with Gasteiger partial charge in [0, 0.05) is 9.86 Å². The molecule has 0 atom stereocenters. The van der Waals surface area contributed by atoms with Gasteiger partial charge in [0.15, 0.2) is 0 Å². The topological polar surface area (TPSA) is 59.1 Å². The zero-order valence-electron chi connectivity index (χ0n) is 11.1. The van der Waals surface area contributed by atoms with Crippen LogP contribution in [0.2, 0.25) is 0 Å². The van der Waals surface area contributed by atoms with Crippen molar-refractivity contribution in [2.45, 2.75) is 0 Å². The minimum atomic E-state index is -0.0299. The van der Waals surface area contributed by atoms with Gasteiger partial charge in [0.05, 0.1) is 5.56 Å². The first-order valence-corrected chi connectivity index (χ1v) is 7.24. The number of amidine groups is 1. The predicted octanol–water partition coefficient (Wildman–Crippen LogP) is 4.68. The third kappa shape index (κ3) is 2.62. The largest absolute Gasteiger partial charge is 0.456 e. The Balaban J connectivity index is 2.12. The van der Waals surface area contributed by atoms with E-state index in [1.807, 2.05) is 60.7 Å². The smallest absolute Gasteiger partial charge is 0.139 e. The van der Waals surface area contributed by atoms with Crippen molar-refractivity contribution in [3.8, 4) is 11.5 Å². The summed E-state index contributed by atoms with van der Waals surface area (Å²) in [4.78, 5) is 0. The third-order valence-electron chi connectivity index (χ3n) is 3.21. The quantitative estimate of drug-likeness (QED) is 0.537. The number of nitrogens with one attached hydrogen (secondary N) is 1. The molecule has 0 aliphatic carbocycles. The molecule has 0 saturated carbocycles. The molecular formula is C17H13BrN2O. The summed E-state index contributed by atoms with van der Waals surface area (Å²) in [6, 6.07) is 19.4. The molecule has 0 aromatic heterocycles. The van der Waals surface area contributed by atoms with Crippen molar-refractivity contribution in [1.29, 1.82) is 5.41 Å². The van der Waals surface area contributed by atoms with Crippen LogP contribution in [-0.2, 0) is 0 Å². The van der Waals surface area contributed by atoms with Crippen molar-refractivity contribution in [2.75, 3.05) is 0 Å². The number of nitrogens with two attached hydrogens (primary N) is 1. The molecule has 0 heterocycles. The lowest BCUT2D eigenvalue weighted by atomic mass is 10.1. The van der Waals surface area contributed by atoms with Crippen LogP contribution in [0.1, 0.15) is 5.56 Å². The lowest BCUT2D eigenvalue weighted by Gasteiger charge is -2.13. The van der Waals surface area contributed by atoms with Gasteiger partial charge in [-0.15, -0.1) is 0 Å². The molecule has 0 aliphatic rings. The van der Waals surface area contributed by atoms with Crippen molar-refractivity contribution in [3.63, 3.8) is 0 Å².